The molecule has 0 spiro atoms. The number of carbonyl (C=O) groups is 1. The van der Waals surface area contributed by atoms with Crippen LogP contribution in [-0.4, -0.2) is 39.5 Å². The fourth-order valence-electron chi connectivity index (χ4n) is 2.44. The molecule has 2 rings (SSSR count). The summed E-state index contributed by atoms with van der Waals surface area (Å²) < 4.78 is 22.4. The third-order valence-corrected chi connectivity index (χ3v) is 4.65. The third-order valence-electron chi connectivity index (χ3n) is 3.72. The highest BCUT2D eigenvalue weighted by Gasteiger charge is 2.20. The summed E-state index contributed by atoms with van der Waals surface area (Å²) in [5.74, 6) is 0. The van der Waals surface area contributed by atoms with Crippen LogP contribution in [0.5, 0.6) is 0 Å². The van der Waals surface area contributed by atoms with Crippen LogP contribution in [0, 0.1) is 0 Å². The van der Waals surface area contributed by atoms with Gasteiger partial charge in [-0.3, -0.25) is 4.90 Å². The number of rotatable bonds is 2. The lowest BCUT2D eigenvalue weighted by Gasteiger charge is -2.27. The fourth-order valence-corrected chi connectivity index (χ4v) is 2.96. The smallest absolute Gasteiger partial charge is 0.324 e. The van der Waals surface area contributed by atoms with Crippen LogP contribution in [-0.2, 0) is 10.0 Å². The summed E-state index contributed by atoms with van der Waals surface area (Å²) in [6, 6.07) is 5.96. The molecule has 1 saturated heterocycles. The van der Waals surface area contributed by atoms with Crippen molar-refractivity contribution >= 4 is 21.7 Å². The number of hydrogen-bond donors (Lipinski definition) is 1. The quantitative estimate of drug-likeness (QED) is 0.903. The molecule has 1 aromatic rings. The van der Waals surface area contributed by atoms with Crippen molar-refractivity contribution in [1.82, 2.24) is 4.90 Å². The zero-order chi connectivity index (χ0) is 15.5. The van der Waals surface area contributed by atoms with Gasteiger partial charge in [-0.1, -0.05) is 12.8 Å². The molecule has 6 nitrogen and oxygen atoms in total. The van der Waals surface area contributed by atoms with Crippen LogP contribution in [0.3, 0.4) is 0 Å². The van der Waals surface area contributed by atoms with Gasteiger partial charge in [0.05, 0.1) is 4.90 Å². The number of urea groups is 1. The topological polar surface area (TPSA) is 83.7 Å². The first-order valence-electron chi connectivity index (χ1n) is 7.05. The van der Waals surface area contributed by atoms with E-state index in [1.807, 2.05) is 4.90 Å². The average molecular weight is 311 g/mol. The van der Waals surface area contributed by atoms with Crippen LogP contribution in [0.4, 0.5) is 10.5 Å². The Labute approximate surface area is 125 Å². The number of anilines is 1. The molecule has 1 aliphatic rings. The SMILES string of the molecule is CN(C(=O)N1CCCCCC1)c1ccc(S(N)(=O)=O)cc1. The predicted octanol–water partition coefficient (Wildman–Crippen LogP) is 1.77. The van der Waals surface area contributed by atoms with Gasteiger partial charge >= 0.3 is 6.03 Å². The molecular weight excluding hydrogens is 290 g/mol. The number of primary sulfonamides is 1. The number of sulfonamides is 1. The van der Waals surface area contributed by atoms with Crippen molar-refractivity contribution in [2.24, 2.45) is 5.14 Å². The largest absolute Gasteiger partial charge is 0.324 e. The maximum Gasteiger partial charge on any atom is 0.324 e. The van der Waals surface area contributed by atoms with Gasteiger partial charge in [-0.2, -0.15) is 0 Å². The van der Waals surface area contributed by atoms with Crippen molar-refractivity contribution in [2.75, 3.05) is 25.0 Å². The van der Waals surface area contributed by atoms with Gasteiger partial charge in [-0.05, 0) is 37.1 Å². The second-order valence-corrected chi connectivity index (χ2v) is 6.84. The van der Waals surface area contributed by atoms with Crippen molar-refractivity contribution in [1.29, 1.82) is 0 Å². The molecule has 0 radical (unpaired) electrons. The fraction of sp³-hybridized carbons (Fsp3) is 0.500. The van der Waals surface area contributed by atoms with E-state index in [1.54, 1.807) is 19.2 Å². The van der Waals surface area contributed by atoms with Crippen LogP contribution in [0.2, 0.25) is 0 Å². The van der Waals surface area contributed by atoms with E-state index in [2.05, 4.69) is 0 Å². The summed E-state index contributed by atoms with van der Waals surface area (Å²) in [6.07, 6.45) is 4.39. The van der Waals surface area contributed by atoms with Crippen molar-refractivity contribution in [3.05, 3.63) is 24.3 Å². The van der Waals surface area contributed by atoms with E-state index in [1.165, 1.54) is 17.0 Å². The number of benzene rings is 1. The Hall–Kier alpha value is -1.60. The Morgan fingerprint density at radius 1 is 1.10 bits per heavy atom. The molecule has 0 atom stereocenters. The van der Waals surface area contributed by atoms with Crippen molar-refractivity contribution in [2.45, 2.75) is 30.6 Å². The van der Waals surface area contributed by atoms with Gasteiger partial charge in [0.15, 0.2) is 0 Å². The van der Waals surface area contributed by atoms with Crippen LogP contribution in [0.25, 0.3) is 0 Å². The van der Waals surface area contributed by atoms with E-state index in [0.29, 0.717) is 5.69 Å². The second-order valence-electron chi connectivity index (χ2n) is 5.28. The molecule has 1 aliphatic heterocycles. The van der Waals surface area contributed by atoms with Crippen LogP contribution in [0.15, 0.2) is 29.2 Å². The van der Waals surface area contributed by atoms with Gasteiger partial charge in [-0.25, -0.2) is 18.4 Å². The van der Waals surface area contributed by atoms with E-state index in [4.69, 9.17) is 5.14 Å². The first-order chi connectivity index (χ1) is 9.89. The van der Waals surface area contributed by atoms with Crippen LogP contribution >= 0.6 is 0 Å². The Morgan fingerprint density at radius 2 is 1.62 bits per heavy atom. The van der Waals surface area contributed by atoms with E-state index in [-0.39, 0.29) is 10.9 Å². The third kappa shape index (κ3) is 3.95. The monoisotopic (exact) mass is 311 g/mol. The summed E-state index contributed by atoms with van der Waals surface area (Å²) >= 11 is 0. The lowest BCUT2D eigenvalue weighted by Crippen LogP contribution is -2.41. The Morgan fingerprint density at radius 3 is 2.10 bits per heavy atom. The van der Waals surface area contributed by atoms with Gasteiger partial charge in [0.25, 0.3) is 0 Å². The van der Waals surface area contributed by atoms with Crippen LogP contribution in [0.1, 0.15) is 25.7 Å². The first kappa shape index (κ1) is 15.8. The average Bonchev–Trinajstić information content (AvgIpc) is 2.74. The van der Waals surface area contributed by atoms with Gasteiger partial charge < -0.3 is 4.90 Å². The van der Waals surface area contributed by atoms with Crippen molar-refractivity contribution in [3.8, 4) is 0 Å². The molecule has 7 heteroatoms. The maximum atomic E-state index is 12.4. The first-order valence-corrected chi connectivity index (χ1v) is 8.60. The molecule has 116 valence electrons. The summed E-state index contributed by atoms with van der Waals surface area (Å²) in [5.41, 5.74) is 0.650. The molecule has 0 bridgehead atoms. The predicted molar refractivity (Wildman–Crippen MR) is 81.7 cm³/mol. The van der Waals surface area contributed by atoms with Crippen molar-refractivity contribution in [3.63, 3.8) is 0 Å². The molecule has 2 N–H and O–H groups in total. The molecule has 21 heavy (non-hydrogen) atoms. The highest BCUT2D eigenvalue weighted by atomic mass is 32.2. The summed E-state index contributed by atoms with van der Waals surface area (Å²) in [5, 5.41) is 5.06. The van der Waals surface area contributed by atoms with Gasteiger partial charge in [0.2, 0.25) is 10.0 Å². The molecule has 0 aromatic heterocycles. The molecule has 0 unspecified atom stereocenters. The standard InChI is InChI=1S/C14H21N3O3S/c1-16(14(18)17-10-4-2-3-5-11-17)12-6-8-13(9-7-12)21(15,19)20/h6-9H,2-5,10-11H2,1H3,(H2,15,19,20). The number of nitrogens with zero attached hydrogens (tertiary/aromatic N) is 2. The number of amides is 2. The van der Waals surface area contributed by atoms with Gasteiger partial charge in [0.1, 0.15) is 0 Å². The molecule has 0 aliphatic carbocycles. The normalized spacial score (nSPS) is 16.4. The minimum Gasteiger partial charge on any atom is -0.324 e. The van der Waals surface area contributed by atoms with Gasteiger partial charge in [0, 0.05) is 25.8 Å². The minimum atomic E-state index is -3.70. The Bertz CT molecular complexity index is 590. The zero-order valence-electron chi connectivity index (χ0n) is 12.2. The zero-order valence-corrected chi connectivity index (χ0v) is 13.0. The highest BCUT2D eigenvalue weighted by molar-refractivity contribution is 7.89. The lowest BCUT2D eigenvalue weighted by atomic mass is 10.2. The molecule has 1 aromatic carbocycles. The van der Waals surface area contributed by atoms with E-state index in [0.717, 1.165) is 38.8 Å². The molecular formula is C14H21N3O3S. The molecule has 1 fully saturated rings. The molecule has 0 saturated carbocycles. The maximum absolute atomic E-state index is 12.4. The molecule has 1 heterocycles. The summed E-state index contributed by atoms with van der Waals surface area (Å²) in [6.45, 7) is 1.55. The Kier molecular flexibility index (Phi) is 4.84. The second kappa shape index (κ2) is 6.44. The summed E-state index contributed by atoms with van der Waals surface area (Å²) in [4.78, 5) is 15.9. The molecule has 2 amide bonds. The lowest BCUT2D eigenvalue weighted by molar-refractivity contribution is 0.208. The minimum absolute atomic E-state index is 0.0434. The number of likely N-dealkylation sites (tertiary alicyclic amines) is 1. The number of nitrogens with two attached hydrogens (primary N) is 1. The van der Waals surface area contributed by atoms with Gasteiger partial charge in [-0.15, -0.1) is 0 Å². The van der Waals surface area contributed by atoms with E-state index in [9.17, 15) is 13.2 Å². The Balaban J connectivity index is 2.11. The van der Waals surface area contributed by atoms with E-state index < -0.39 is 10.0 Å². The number of carbonyl (C=O) groups excluding carboxylic acids is 1. The van der Waals surface area contributed by atoms with Crippen molar-refractivity contribution < 1.29 is 13.2 Å². The van der Waals surface area contributed by atoms with Crippen LogP contribution < -0.4 is 10.0 Å². The van der Waals surface area contributed by atoms with E-state index >= 15 is 0 Å². The summed E-state index contributed by atoms with van der Waals surface area (Å²) in [7, 11) is -2.01. The number of hydrogen-bond acceptors (Lipinski definition) is 3. The highest BCUT2D eigenvalue weighted by Crippen LogP contribution is 2.19.